The number of aryl methyl sites for hydroxylation is 1. The Balaban J connectivity index is 2.21. The lowest BCUT2D eigenvalue weighted by Crippen LogP contribution is -2.48. The Morgan fingerprint density at radius 3 is 2.80 bits per heavy atom. The van der Waals surface area contributed by atoms with Crippen LogP contribution in [0.5, 0.6) is 0 Å². The second-order valence-corrected chi connectivity index (χ2v) is 5.72. The van der Waals surface area contributed by atoms with Crippen LogP contribution in [0.4, 0.5) is 0 Å². The second kappa shape index (κ2) is 5.87. The van der Waals surface area contributed by atoms with Gasteiger partial charge in [0.05, 0.1) is 22.8 Å². The van der Waals surface area contributed by atoms with Crippen LogP contribution in [0.15, 0.2) is 12.4 Å². The van der Waals surface area contributed by atoms with Crippen LogP contribution in [-0.4, -0.2) is 39.0 Å². The van der Waals surface area contributed by atoms with E-state index in [9.17, 15) is 9.90 Å². The molecule has 2 rings (SSSR count). The fraction of sp³-hybridized carbons (Fsp3) is 0.667. The molecule has 1 aromatic heterocycles. The average molecular weight is 277 g/mol. The van der Waals surface area contributed by atoms with Crippen LogP contribution in [0.1, 0.15) is 50.5 Å². The molecule has 1 aromatic rings. The van der Waals surface area contributed by atoms with Gasteiger partial charge in [0, 0.05) is 18.9 Å². The second-order valence-electron chi connectivity index (χ2n) is 5.72. The summed E-state index contributed by atoms with van der Waals surface area (Å²) in [4.78, 5) is 22.6. The van der Waals surface area contributed by atoms with Crippen molar-refractivity contribution >= 4 is 5.97 Å². The van der Waals surface area contributed by atoms with Crippen molar-refractivity contribution in [2.45, 2.75) is 46.1 Å². The minimum absolute atomic E-state index is 0.106. The molecule has 0 aliphatic carbocycles. The quantitative estimate of drug-likeness (QED) is 0.915. The van der Waals surface area contributed by atoms with Crippen molar-refractivity contribution in [1.82, 2.24) is 14.9 Å². The summed E-state index contributed by atoms with van der Waals surface area (Å²) in [5, 5.41) is 9.56. The fourth-order valence-electron chi connectivity index (χ4n) is 3.11. The molecule has 110 valence electrons. The van der Waals surface area contributed by atoms with E-state index in [0.717, 1.165) is 30.8 Å². The van der Waals surface area contributed by atoms with E-state index in [1.807, 2.05) is 13.8 Å². The zero-order valence-electron chi connectivity index (χ0n) is 12.5. The van der Waals surface area contributed by atoms with E-state index in [1.54, 1.807) is 12.4 Å². The Morgan fingerprint density at radius 1 is 1.50 bits per heavy atom. The first-order valence-corrected chi connectivity index (χ1v) is 7.25. The number of nitrogens with zero attached hydrogens (tertiary/aromatic N) is 3. The molecule has 0 aromatic carbocycles. The number of carboxylic acid groups (broad SMARTS) is 1. The molecule has 1 aliphatic rings. The van der Waals surface area contributed by atoms with E-state index < -0.39 is 11.4 Å². The van der Waals surface area contributed by atoms with Crippen LogP contribution in [0.2, 0.25) is 0 Å². The number of aromatic nitrogens is 2. The van der Waals surface area contributed by atoms with Crippen LogP contribution >= 0.6 is 0 Å². The minimum Gasteiger partial charge on any atom is -0.481 e. The van der Waals surface area contributed by atoms with E-state index in [-0.39, 0.29) is 6.04 Å². The Kier molecular flexibility index (Phi) is 4.38. The predicted molar refractivity (Wildman–Crippen MR) is 76.4 cm³/mol. The van der Waals surface area contributed by atoms with Gasteiger partial charge in [0.2, 0.25) is 0 Å². The third kappa shape index (κ3) is 2.68. The summed E-state index contributed by atoms with van der Waals surface area (Å²) in [5.74, 6) is -0.673. The first kappa shape index (κ1) is 14.9. The van der Waals surface area contributed by atoms with Gasteiger partial charge in [-0.3, -0.25) is 19.7 Å². The van der Waals surface area contributed by atoms with Crippen molar-refractivity contribution in [3.05, 3.63) is 23.8 Å². The molecule has 0 bridgehead atoms. The van der Waals surface area contributed by atoms with Crippen molar-refractivity contribution in [3.8, 4) is 0 Å². The van der Waals surface area contributed by atoms with Gasteiger partial charge in [-0.15, -0.1) is 0 Å². The molecule has 1 N–H and O–H groups in total. The molecule has 20 heavy (non-hydrogen) atoms. The number of likely N-dealkylation sites (tertiary alicyclic amines) is 1. The molecule has 2 atom stereocenters. The Hall–Kier alpha value is -1.49. The number of hydrogen-bond acceptors (Lipinski definition) is 4. The largest absolute Gasteiger partial charge is 0.481 e. The van der Waals surface area contributed by atoms with Crippen LogP contribution in [0.25, 0.3) is 0 Å². The van der Waals surface area contributed by atoms with Crippen LogP contribution in [-0.2, 0) is 4.79 Å². The maximum atomic E-state index is 11.6. The van der Waals surface area contributed by atoms with Gasteiger partial charge in [0.25, 0.3) is 0 Å². The third-order valence-corrected chi connectivity index (χ3v) is 4.60. The lowest BCUT2D eigenvalue weighted by atomic mass is 9.77. The highest BCUT2D eigenvalue weighted by molar-refractivity contribution is 5.75. The van der Waals surface area contributed by atoms with Crippen molar-refractivity contribution in [3.63, 3.8) is 0 Å². The first-order chi connectivity index (χ1) is 9.50. The van der Waals surface area contributed by atoms with E-state index in [0.29, 0.717) is 13.0 Å². The molecule has 1 saturated heterocycles. The van der Waals surface area contributed by atoms with Gasteiger partial charge in [0.1, 0.15) is 0 Å². The molecule has 5 nitrogen and oxygen atoms in total. The Bertz CT molecular complexity index is 492. The number of aliphatic carboxylic acids is 1. The summed E-state index contributed by atoms with van der Waals surface area (Å²) >= 11 is 0. The molecule has 0 radical (unpaired) electrons. The van der Waals surface area contributed by atoms with Gasteiger partial charge in [-0.2, -0.15) is 0 Å². The summed E-state index contributed by atoms with van der Waals surface area (Å²) < 4.78 is 0. The molecule has 0 saturated carbocycles. The van der Waals surface area contributed by atoms with Gasteiger partial charge in [-0.05, 0) is 39.7 Å². The van der Waals surface area contributed by atoms with Gasteiger partial charge in [0.15, 0.2) is 0 Å². The molecule has 2 unspecified atom stereocenters. The molecule has 5 heteroatoms. The highest BCUT2D eigenvalue weighted by Crippen LogP contribution is 2.37. The zero-order valence-corrected chi connectivity index (χ0v) is 12.5. The molecule has 1 fully saturated rings. The molecular formula is C15H23N3O2. The molecule has 0 spiro atoms. The first-order valence-electron chi connectivity index (χ1n) is 7.25. The van der Waals surface area contributed by atoms with Crippen LogP contribution < -0.4 is 0 Å². The lowest BCUT2D eigenvalue weighted by molar-refractivity contribution is -0.153. The summed E-state index contributed by atoms with van der Waals surface area (Å²) in [6.45, 7) is 7.52. The smallest absolute Gasteiger partial charge is 0.310 e. The summed E-state index contributed by atoms with van der Waals surface area (Å²) in [7, 11) is 0. The van der Waals surface area contributed by atoms with Gasteiger partial charge < -0.3 is 5.11 Å². The standard InChI is InChI=1S/C15H23N3O2/c1-4-15(14(19)20)6-5-9-18(10-15)12(3)13-11(2)16-7-8-17-13/h7-8,12H,4-6,9-10H2,1-3H3,(H,19,20). The summed E-state index contributed by atoms with van der Waals surface area (Å²) in [6.07, 6.45) is 5.75. The van der Waals surface area contributed by atoms with Crippen LogP contribution in [0.3, 0.4) is 0 Å². The maximum absolute atomic E-state index is 11.6. The van der Waals surface area contributed by atoms with Crippen molar-refractivity contribution in [2.24, 2.45) is 5.41 Å². The van der Waals surface area contributed by atoms with E-state index >= 15 is 0 Å². The van der Waals surface area contributed by atoms with Gasteiger partial charge in [-0.1, -0.05) is 6.92 Å². The Labute approximate surface area is 120 Å². The lowest BCUT2D eigenvalue weighted by Gasteiger charge is -2.42. The highest BCUT2D eigenvalue weighted by atomic mass is 16.4. The van der Waals surface area contributed by atoms with Crippen molar-refractivity contribution in [2.75, 3.05) is 13.1 Å². The van der Waals surface area contributed by atoms with E-state index in [4.69, 9.17) is 0 Å². The maximum Gasteiger partial charge on any atom is 0.310 e. The number of carbonyl (C=O) groups is 1. The van der Waals surface area contributed by atoms with Crippen LogP contribution in [0, 0.1) is 12.3 Å². The van der Waals surface area contributed by atoms with Gasteiger partial charge in [-0.25, -0.2) is 0 Å². The minimum atomic E-state index is -0.673. The van der Waals surface area contributed by atoms with Gasteiger partial charge >= 0.3 is 5.97 Å². The third-order valence-electron chi connectivity index (χ3n) is 4.60. The monoisotopic (exact) mass is 277 g/mol. The number of rotatable bonds is 4. The molecule has 1 aliphatic heterocycles. The number of piperidine rings is 1. The zero-order chi connectivity index (χ0) is 14.8. The SMILES string of the molecule is CCC1(C(=O)O)CCCN(C(C)c2nccnc2C)C1. The summed E-state index contributed by atoms with van der Waals surface area (Å²) in [5.41, 5.74) is 1.26. The number of carboxylic acids is 1. The molecule has 2 heterocycles. The molecular weight excluding hydrogens is 254 g/mol. The van der Waals surface area contributed by atoms with E-state index in [2.05, 4.69) is 21.8 Å². The fourth-order valence-corrected chi connectivity index (χ4v) is 3.11. The average Bonchev–Trinajstić information content (AvgIpc) is 2.47. The number of hydrogen-bond donors (Lipinski definition) is 1. The normalized spacial score (nSPS) is 25.4. The van der Waals surface area contributed by atoms with E-state index in [1.165, 1.54) is 0 Å². The van der Waals surface area contributed by atoms with Crippen molar-refractivity contribution < 1.29 is 9.90 Å². The predicted octanol–water partition coefficient (Wildman–Crippen LogP) is 2.42. The highest BCUT2D eigenvalue weighted by Gasteiger charge is 2.42. The van der Waals surface area contributed by atoms with Crippen molar-refractivity contribution in [1.29, 1.82) is 0 Å². The topological polar surface area (TPSA) is 66.3 Å². The molecule has 0 amide bonds. The Morgan fingerprint density at radius 2 is 2.20 bits per heavy atom. The summed E-state index contributed by atoms with van der Waals surface area (Å²) in [6, 6.07) is 0.106.